The molecule has 0 saturated heterocycles. The van der Waals surface area contributed by atoms with Gasteiger partial charge in [-0.2, -0.15) is 0 Å². The van der Waals surface area contributed by atoms with Crippen molar-refractivity contribution in [3.05, 3.63) is 21.8 Å². The summed E-state index contributed by atoms with van der Waals surface area (Å²) in [5.41, 5.74) is -0.216. The van der Waals surface area contributed by atoms with Crippen LogP contribution in [-0.4, -0.2) is 17.4 Å². The standard InChI is InChI=1S/C5H4BClN2O/c1-9-4(10)3(6)2-8-5(9)7/h2H,1H3. The van der Waals surface area contributed by atoms with Crippen LogP contribution in [0.5, 0.6) is 0 Å². The van der Waals surface area contributed by atoms with Crippen LogP contribution >= 0.6 is 11.6 Å². The summed E-state index contributed by atoms with van der Waals surface area (Å²) in [6.07, 6.45) is 1.24. The van der Waals surface area contributed by atoms with Gasteiger partial charge in [-0.25, -0.2) is 4.98 Å². The summed E-state index contributed by atoms with van der Waals surface area (Å²) >= 11 is 5.48. The molecule has 5 heteroatoms. The molecule has 0 saturated carbocycles. The van der Waals surface area contributed by atoms with Gasteiger partial charge in [0, 0.05) is 13.2 Å². The first-order chi connectivity index (χ1) is 4.63. The van der Waals surface area contributed by atoms with Crippen LogP contribution in [0.3, 0.4) is 0 Å². The van der Waals surface area contributed by atoms with Crippen molar-refractivity contribution in [1.82, 2.24) is 9.55 Å². The third-order valence-corrected chi connectivity index (χ3v) is 1.49. The first-order valence-electron chi connectivity index (χ1n) is 2.60. The second-order valence-electron chi connectivity index (χ2n) is 1.85. The summed E-state index contributed by atoms with van der Waals surface area (Å²) in [4.78, 5) is 14.5. The smallest absolute Gasteiger partial charge is 0.246 e. The van der Waals surface area contributed by atoms with E-state index in [1.54, 1.807) is 0 Å². The Morgan fingerprint density at radius 1 is 1.80 bits per heavy atom. The fraction of sp³-hybridized carbons (Fsp3) is 0.200. The minimum Gasteiger partial charge on any atom is -0.287 e. The fourth-order valence-corrected chi connectivity index (χ4v) is 0.668. The maximum atomic E-state index is 10.9. The maximum Gasteiger partial charge on any atom is 0.246 e. The van der Waals surface area contributed by atoms with E-state index >= 15 is 0 Å². The molecule has 0 bridgehead atoms. The predicted octanol–water partition coefficient (Wildman–Crippen LogP) is -0.772. The van der Waals surface area contributed by atoms with Gasteiger partial charge in [-0.1, -0.05) is 0 Å². The quantitative estimate of drug-likeness (QED) is 0.363. The van der Waals surface area contributed by atoms with Crippen molar-refractivity contribution in [3.63, 3.8) is 0 Å². The zero-order valence-corrected chi connectivity index (χ0v) is 6.09. The molecule has 0 aliphatic rings. The summed E-state index contributed by atoms with van der Waals surface area (Å²) in [5, 5.41) is 0.138. The number of hydrogen-bond donors (Lipinski definition) is 0. The lowest BCUT2D eigenvalue weighted by atomic mass is 10.0. The normalized spacial score (nSPS) is 9.80. The molecule has 0 amide bonds. The molecule has 3 nitrogen and oxygen atoms in total. The zero-order valence-electron chi connectivity index (χ0n) is 5.34. The Morgan fingerprint density at radius 2 is 2.40 bits per heavy atom. The van der Waals surface area contributed by atoms with Crippen molar-refractivity contribution in [2.45, 2.75) is 0 Å². The number of hydrogen-bond acceptors (Lipinski definition) is 2. The average molecular weight is 154 g/mol. The van der Waals surface area contributed by atoms with Crippen molar-refractivity contribution < 1.29 is 0 Å². The van der Waals surface area contributed by atoms with Crippen LogP contribution in [0.25, 0.3) is 0 Å². The molecular weight excluding hydrogens is 150 g/mol. The van der Waals surface area contributed by atoms with Gasteiger partial charge in [0.25, 0.3) is 0 Å². The van der Waals surface area contributed by atoms with E-state index in [4.69, 9.17) is 19.4 Å². The van der Waals surface area contributed by atoms with Gasteiger partial charge in [0.15, 0.2) is 0 Å². The Labute approximate surface area is 64.1 Å². The van der Waals surface area contributed by atoms with E-state index in [1.807, 2.05) is 0 Å². The van der Waals surface area contributed by atoms with E-state index in [9.17, 15) is 4.79 Å². The van der Waals surface area contributed by atoms with E-state index in [0.29, 0.717) is 0 Å². The van der Waals surface area contributed by atoms with E-state index in [1.165, 1.54) is 17.8 Å². The molecule has 1 aromatic heterocycles. The number of halogens is 1. The number of aromatic nitrogens is 2. The highest BCUT2D eigenvalue weighted by atomic mass is 35.5. The summed E-state index contributed by atoms with van der Waals surface area (Å²) in [7, 11) is 6.74. The van der Waals surface area contributed by atoms with Gasteiger partial charge in [0.05, 0.1) is 0 Å². The van der Waals surface area contributed by atoms with Gasteiger partial charge in [-0.3, -0.25) is 9.36 Å². The van der Waals surface area contributed by atoms with Gasteiger partial charge >= 0.3 is 0 Å². The minimum atomic E-state index is -0.319. The largest absolute Gasteiger partial charge is 0.287 e. The molecule has 0 N–H and O–H groups in total. The highest BCUT2D eigenvalue weighted by Gasteiger charge is 1.98. The van der Waals surface area contributed by atoms with Gasteiger partial charge in [-0.15, -0.1) is 0 Å². The molecule has 0 unspecified atom stereocenters. The number of nitrogens with zero attached hydrogens (tertiary/aromatic N) is 2. The third-order valence-electron chi connectivity index (χ3n) is 1.14. The van der Waals surface area contributed by atoms with Gasteiger partial charge in [0.1, 0.15) is 7.85 Å². The molecule has 1 aromatic rings. The Bertz CT molecular complexity index is 309. The van der Waals surface area contributed by atoms with E-state index in [2.05, 4.69) is 4.98 Å². The van der Waals surface area contributed by atoms with Crippen LogP contribution in [0.2, 0.25) is 5.28 Å². The molecule has 1 rings (SSSR count). The molecule has 0 aliphatic heterocycles. The molecule has 0 fully saturated rings. The second-order valence-corrected chi connectivity index (χ2v) is 2.18. The van der Waals surface area contributed by atoms with E-state index in [-0.39, 0.29) is 16.3 Å². The molecule has 0 atom stereocenters. The van der Waals surface area contributed by atoms with Crippen LogP contribution < -0.4 is 11.0 Å². The molecular formula is C5H4BClN2O. The van der Waals surface area contributed by atoms with Gasteiger partial charge in [-0.05, 0) is 17.1 Å². The van der Waals surface area contributed by atoms with Crippen molar-refractivity contribution in [2.75, 3.05) is 0 Å². The molecule has 10 heavy (non-hydrogen) atoms. The number of rotatable bonds is 0. The van der Waals surface area contributed by atoms with Gasteiger partial charge in [0.2, 0.25) is 10.8 Å². The average Bonchev–Trinajstić information content (AvgIpc) is 1.93. The molecule has 0 aromatic carbocycles. The van der Waals surface area contributed by atoms with Crippen LogP contribution in [0.15, 0.2) is 11.0 Å². The Kier molecular flexibility index (Phi) is 1.81. The monoisotopic (exact) mass is 154 g/mol. The first-order valence-corrected chi connectivity index (χ1v) is 2.97. The lowest BCUT2D eigenvalue weighted by Crippen LogP contribution is -2.33. The van der Waals surface area contributed by atoms with Crippen molar-refractivity contribution in [2.24, 2.45) is 7.05 Å². The van der Waals surface area contributed by atoms with Crippen LogP contribution in [0, 0.1) is 0 Å². The Hall–Kier alpha value is -0.765. The zero-order chi connectivity index (χ0) is 7.72. The van der Waals surface area contributed by atoms with E-state index < -0.39 is 0 Å². The Balaban J connectivity index is 3.50. The molecule has 2 radical (unpaired) electrons. The predicted molar refractivity (Wildman–Crippen MR) is 39.9 cm³/mol. The van der Waals surface area contributed by atoms with Crippen LogP contribution in [-0.2, 0) is 7.05 Å². The minimum absolute atomic E-state index is 0.104. The maximum absolute atomic E-state index is 10.9. The van der Waals surface area contributed by atoms with Gasteiger partial charge < -0.3 is 0 Å². The summed E-state index contributed by atoms with van der Waals surface area (Å²) in [6.45, 7) is 0. The first kappa shape index (κ1) is 7.34. The fourth-order valence-electron chi connectivity index (χ4n) is 0.542. The molecule has 0 spiro atoms. The summed E-state index contributed by atoms with van der Waals surface area (Å²) in [6, 6.07) is 0. The highest BCUT2D eigenvalue weighted by molar-refractivity contribution is 6.32. The van der Waals surface area contributed by atoms with Crippen molar-refractivity contribution >= 4 is 24.9 Å². The third kappa shape index (κ3) is 1.07. The topological polar surface area (TPSA) is 34.9 Å². The van der Waals surface area contributed by atoms with E-state index in [0.717, 1.165) is 0 Å². The van der Waals surface area contributed by atoms with Crippen molar-refractivity contribution in [1.29, 1.82) is 0 Å². The lowest BCUT2D eigenvalue weighted by Gasteiger charge is -1.99. The second kappa shape index (κ2) is 2.46. The summed E-state index contributed by atoms with van der Waals surface area (Å²) in [5.74, 6) is 0. The van der Waals surface area contributed by atoms with Crippen molar-refractivity contribution in [3.8, 4) is 0 Å². The molecule has 1 heterocycles. The SMILES string of the molecule is [B]c1cnc(Cl)n(C)c1=O. The van der Waals surface area contributed by atoms with Crippen LogP contribution in [0.4, 0.5) is 0 Å². The Morgan fingerprint density at radius 3 is 2.90 bits per heavy atom. The molecule has 50 valence electrons. The molecule has 0 aliphatic carbocycles. The van der Waals surface area contributed by atoms with Crippen LogP contribution in [0.1, 0.15) is 0 Å². The highest BCUT2D eigenvalue weighted by Crippen LogP contribution is 1.93. The summed E-state index contributed by atoms with van der Waals surface area (Å²) < 4.78 is 1.18. The lowest BCUT2D eigenvalue weighted by molar-refractivity contribution is 0.834.